The van der Waals surface area contributed by atoms with Gasteiger partial charge in [0.25, 0.3) is 0 Å². The van der Waals surface area contributed by atoms with Crippen molar-refractivity contribution in [2.75, 3.05) is 46.7 Å². The maximum Gasteiger partial charge on any atom is 0.415 e. The fourth-order valence-corrected chi connectivity index (χ4v) is 4.65. The van der Waals surface area contributed by atoms with E-state index in [0.717, 1.165) is 42.4 Å². The molecule has 1 aromatic heterocycles. The molecular formula is C23H34N4O2. The van der Waals surface area contributed by atoms with Crippen LogP contribution in [0.2, 0.25) is 0 Å². The molecule has 6 heteroatoms. The molecule has 0 saturated carbocycles. The minimum atomic E-state index is -2.12. The van der Waals surface area contributed by atoms with Crippen LogP contribution in [0.15, 0.2) is 24.4 Å². The second kappa shape index (κ2) is 9.18. The number of piperidine rings is 2. The molecule has 2 aliphatic rings. The predicted molar refractivity (Wildman–Crippen MR) is 117 cm³/mol. The maximum absolute atomic E-state index is 12.9. The lowest BCUT2D eigenvalue weighted by Gasteiger charge is -2.39. The molecule has 0 radical (unpaired) electrons. The Hall–Kier alpha value is -2.05. The van der Waals surface area contributed by atoms with Gasteiger partial charge in [-0.05, 0) is 76.9 Å². The molecule has 0 bridgehead atoms. The Bertz CT molecular complexity index is 916. The third kappa shape index (κ3) is 4.75. The number of amides is 1. The summed E-state index contributed by atoms with van der Waals surface area (Å²) in [5.41, 5.74) is 1.83. The molecule has 158 valence electrons. The highest BCUT2D eigenvalue weighted by atomic mass is 16.6. The number of ether oxygens (including phenoxy) is 1. The van der Waals surface area contributed by atoms with Crippen LogP contribution in [-0.2, 0) is 6.42 Å². The van der Waals surface area contributed by atoms with Crippen LogP contribution in [0.1, 0.15) is 41.8 Å². The van der Waals surface area contributed by atoms with Gasteiger partial charge in [0.1, 0.15) is 5.75 Å². The third-order valence-corrected chi connectivity index (χ3v) is 6.29. The number of hydrogen-bond acceptors (Lipinski definition) is 4. The molecule has 2 fully saturated rings. The van der Waals surface area contributed by atoms with Crippen molar-refractivity contribution in [3.63, 3.8) is 0 Å². The number of carbonyl (C=O) groups excluding carboxylic acids is 1. The van der Waals surface area contributed by atoms with Crippen LogP contribution in [0.3, 0.4) is 0 Å². The average molecular weight is 402 g/mol. The van der Waals surface area contributed by atoms with Crippen molar-refractivity contribution in [3.8, 4) is 5.75 Å². The van der Waals surface area contributed by atoms with E-state index in [2.05, 4.69) is 9.88 Å². The van der Waals surface area contributed by atoms with Gasteiger partial charge in [-0.25, -0.2) is 4.79 Å². The Morgan fingerprint density at radius 3 is 2.79 bits per heavy atom. The van der Waals surface area contributed by atoms with Crippen LogP contribution in [0, 0.1) is 0 Å². The van der Waals surface area contributed by atoms with Gasteiger partial charge < -0.3 is 24.4 Å². The van der Waals surface area contributed by atoms with Crippen molar-refractivity contribution < 1.29 is 13.6 Å². The van der Waals surface area contributed by atoms with Gasteiger partial charge in [-0.2, -0.15) is 0 Å². The van der Waals surface area contributed by atoms with Crippen molar-refractivity contribution >= 4 is 17.0 Å². The Labute approximate surface area is 178 Å². The zero-order valence-electron chi connectivity index (χ0n) is 20.3. The number of likely N-dealkylation sites (tertiary alicyclic amines) is 2. The first-order chi connectivity index (χ1) is 15.3. The Balaban J connectivity index is 1.39. The largest absolute Gasteiger partial charge is 0.415 e. The van der Waals surface area contributed by atoms with Crippen molar-refractivity contribution in [3.05, 3.63) is 30.0 Å². The van der Waals surface area contributed by atoms with E-state index in [1.165, 1.54) is 37.3 Å². The zero-order valence-corrected chi connectivity index (χ0v) is 17.3. The molecule has 29 heavy (non-hydrogen) atoms. The number of hydrogen-bond donors (Lipinski definition) is 1. The summed E-state index contributed by atoms with van der Waals surface area (Å²) in [6.45, 7) is 2.07. The first-order valence-corrected chi connectivity index (χ1v) is 10.8. The van der Waals surface area contributed by atoms with E-state index >= 15 is 0 Å². The van der Waals surface area contributed by atoms with E-state index in [9.17, 15) is 4.79 Å². The van der Waals surface area contributed by atoms with Crippen LogP contribution in [0.25, 0.3) is 10.9 Å². The van der Waals surface area contributed by atoms with Gasteiger partial charge in [0.05, 0.1) is 0 Å². The summed E-state index contributed by atoms with van der Waals surface area (Å²) >= 11 is 0. The van der Waals surface area contributed by atoms with Gasteiger partial charge in [-0.15, -0.1) is 0 Å². The lowest BCUT2D eigenvalue weighted by molar-refractivity contribution is 0.0880. The maximum atomic E-state index is 12.9. The summed E-state index contributed by atoms with van der Waals surface area (Å²) in [7, 11) is 1.59. The number of nitrogens with zero attached hydrogens (tertiary/aromatic N) is 3. The molecule has 0 spiro atoms. The molecule has 6 nitrogen and oxygen atoms in total. The first-order valence-electron chi connectivity index (χ1n) is 12.3. The van der Waals surface area contributed by atoms with E-state index in [1.54, 1.807) is 7.05 Å². The van der Waals surface area contributed by atoms with Crippen molar-refractivity contribution in [2.24, 2.45) is 0 Å². The monoisotopic (exact) mass is 401 g/mol. The first kappa shape index (κ1) is 16.7. The van der Waals surface area contributed by atoms with Crippen LogP contribution in [0.5, 0.6) is 5.75 Å². The molecule has 2 aromatic rings. The number of rotatable bonds is 5. The van der Waals surface area contributed by atoms with Gasteiger partial charge in [-0.3, -0.25) is 0 Å². The summed E-state index contributed by atoms with van der Waals surface area (Å²) in [5, 5.41) is 0.850. The number of nitrogens with one attached hydrogen (secondary N) is 1. The lowest BCUT2D eigenvalue weighted by Crippen LogP contribution is -2.48. The number of fused-ring (bicyclic) bond motifs is 1. The number of aromatic nitrogens is 1. The number of likely N-dealkylation sites (N-methyl/N-ethyl adjacent to an activating group) is 1. The Morgan fingerprint density at radius 2 is 2.03 bits per heavy atom. The van der Waals surface area contributed by atoms with Crippen molar-refractivity contribution in [2.45, 2.75) is 44.6 Å². The highest BCUT2D eigenvalue weighted by Gasteiger charge is 2.28. The number of benzene rings is 1. The van der Waals surface area contributed by atoms with E-state index in [-0.39, 0.29) is 6.09 Å². The van der Waals surface area contributed by atoms with Gasteiger partial charge in [0.15, 0.2) is 0 Å². The summed E-state index contributed by atoms with van der Waals surface area (Å²) < 4.78 is 28.4. The summed E-state index contributed by atoms with van der Waals surface area (Å²) in [6, 6.07) is 6.19. The van der Waals surface area contributed by atoms with E-state index in [0.29, 0.717) is 24.8 Å². The predicted octanol–water partition coefficient (Wildman–Crippen LogP) is 3.72. The van der Waals surface area contributed by atoms with Gasteiger partial charge >= 0.3 is 6.09 Å². The second-order valence-corrected chi connectivity index (χ2v) is 8.35. The molecular weight excluding hydrogens is 364 g/mol. The summed E-state index contributed by atoms with van der Waals surface area (Å²) in [5.74, 6) is 0.526. The van der Waals surface area contributed by atoms with Crippen LogP contribution < -0.4 is 4.74 Å². The minimum absolute atomic E-state index is 0.304. The highest BCUT2D eigenvalue weighted by Crippen LogP contribution is 2.30. The zero-order chi connectivity index (χ0) is 22.7. The van der Waals surface area contributed by atoms with Crippen LogP contribution in [-0.4, -0.2) is 78.6 Å². The molecule has 1 N–H and O–H groups in total. The van der Waals surface area contributed by atoms with Gasteiger partial charge in [-0.1, -0.05) is 12.5 Å². The third-order valence-electron chi connectivity index (χ3n) is 6.29. The Morgan fingerprint density at radius 1 is 1.24 bits per heavy atom. The molecule has 4 rings (SSSR count). The SMILES string of the molecule is [2H]C([2H])([2H])N(C)CCc1c[nH]c2cccc(OC(=O)N3CCC(N4CCCCC4)CC3)c12. The average Bonchev–Trinajstić information content (AvgIpc) is 3.21. The molecule has 3 heterocycles. The smallest absolute Gasteiger partial charge is 0.409 e. The highest BCUT2D eigenvalue weighted by molar-refractivity contribution is 5.91. The topological polar surface area (TPSA) is 51.8 Å². The molecule has 0 unspecified atom stereocenters. The van der Waals surface area contributed by atoms with Crippen molar-refractivity contribution in [1.29, 1.82) is 0 Å². The normalized spacial score (nSPS) is 21.2. The van der Waals surface area contributed by atoms with Gasteiger partial charge in [0.2, 0.25) is 0 Å². The second-order valence-electron chi connectivity index (χ2n) is 8.35. The molecule has 2 saturated heterocycles. The van der Waals surface area contributed by atoms with Crippen LogP contribution in [0.4, 0.5) is 4.79 Å². The fourth-order valence-electron chi connectivity index (χ4n) is 4.65. The molecule has 0 aliphatic carbocycles. The quantitative estimate of drug-likeness (QED) is 0.830. The minimum Gasteiger partial charge on any atom is -0.409 e. The molecule has 1 aromatic carbocycles. The van der Waals surface area contributed by atoms with Crippen molar-refractivity contribution in [1.82, 2.24) is 19.7 Å². The number of H-pyrrole nitrogens is 1. The molecule has 1 amide bonds. The summed E-state index contributed by atoms with van der Waals surface area (Å²) in [6.07, 6.45) is 8.01. The molecule has 0 atom stereocenters. The van der Waals surface area contributed by atoms with E-state index in [1.807, 2.05) is 29.3 Å². The Kier molecular flexibility index (Phi) is 5.29. The van der Waals surface area contributed by atoms with Gasteiger partial charge in [0, 0.05) is 46.9 Å². The lowest BCUT2D eigenvalue weighted by atomic mass is 10.0. The fraction of sp³-hybridized carbons (Fsp3) is 0.609. The van der Waals surface area contributed by atoms with E-state index < -0.39 is 6.98 Å². The number of carbonyl (C=O) groups is 1. The van der Waals surface area contributed by atoms with Crippen LogP contribution >= 0.6 is 0 Å². The van der Waals surface area contributed by atoms with E-state index in [4.69, 9.17) is 8.85 Å². The standard InChI is InChI=1S/C23H34N4O2/c1-25(2)14-9-18-17-24-20-7-6-8-21(22(18)20)29-23(28)27-15-10-19(11-16-27)26-12-4-3-5-13-26/h6-8,17,19,24H,3-5,9-16H2,1-2H3/i1D3. The summed E-state index contributed by atoms with van der Waals surface area (Å²) in [4.78, 5) is 21.9. The number of aromatic amines is 1. The molecule has 2 aliphatic heterocycles.